The molecule has 0 unspecified atom stereocenters. The van der Waals surface area contributed by atoms with E-state index in [-0.39, 0.29) is 5.91 Å². The number of amides is 1. The van der Waals surface area contributed by atoms with E-state index < -0.39 is 0 Å². The first kappa shape index (κ1) is 14.8. The van der Waals surface area contributed by atoms with Crippen molar-refractivity contribution in [2.24, 2.45) is 0 Å². The topological polar surface area (TPSA) is 77.6 Å². The SMILES string of the molecule is O=C(Nc1cccc(-n2cnnn2)c1)c1cccc(-n2cccc2)c1. The summed E-state index contributed by atoms with van der Waals surface area (Å²) in [5.41, 5.74) is 2.95. The van der Waals surface area contributed by atoms with E-state index in [1.54, 1.807) is 6.07 Å². The highest BCUT2D eigenvalue weighted by atomic mass is 16.1. The quantitative estimate of drug-likeness (QED) is 0.624. The monoisotopic (exact) mass is 330 g/mol. The van der Waals surface area contributed by atoms with Crippen molar-refractivity contribution >= 4 is 11.6 Å². The normalized spacial score (nSPS) is 10.6. The third-order valence-electron chi connectivity index (χ3n) is 3.73. The van der Waals surface area contributed by atoms with Crippen LogP contribution < -0.4 is 5.32 Å². The summed E-state index contributed by atoms with van der Waals surface area (Å²) in [5, 5.41) is 14.0. The predicted molar refractivity (Wildman–Crippen MR) is 92.9 cm³/mol. The summed E-state index contributed by atoms with van der Waals surface area (Å²) in [6, 6.07) is 18.7. The summed E-state index contributed by atoms with van der Waals surface area (Å²) >= 11 is 0. The lowest BCUT2D eigenvalue weighted by Crippen LogP contribution is -2.12. The fourth-order valence-corrected chi connectivity index (χ4v) is 2.52. The van der Waals surface area contributed by atoms with Crippen LogP contribution >= 0.6 is 0 Å². The molecule has 0 atom stereocenters. The Labute approximate surface area is 143 Å². The lowest BCUT2D eigenvalue weighted by Gasteiger charge is -2.09. The van der Waals surface area contributed by atoms with Crippen molar-refractivity contribution < 1.29 is 4.79 Å². The molecule has 7 nitrogen and oxygen atoms in total. The minimum atomic E-state index is -0.178. The third kappa shape index (κ3) is 3.16. The Kier molecular flexibility index (Phi) is 3.80. The first-order valence-electron chi connectivity index (χ1n) is 7.68. The second kappa shape index (κ2) is 6.40. The first-order chi connectivity index (χ1) is 12.3. The van der Waals surface area contributed by atoms with E-state index in [2.05, 4.69) is 20.8 Å². The maximum Gasteiger partial charge on any atom is 0.255 e. The molecule has 1 N–H and O–H groups in total. The van der Waals surface area contributed by atoms with Crippen molar-refractivity contribution in [3.63, 3.8) is 0 Å². The third-order valence-corrected chi connectivity index (χ3v) is 3.73. The molecule has 0 aliphatic rings. The van der Waals surface area contributed by atoms with E-state index in [1.165, 1.54) is 11.0 Å². The Morgan fingerprint density at radius 3 is 2.52 bits per heavy atom. The molecule has 0 fully saturated rings. The van der Waals surface area contributed by atoms with Crippen LogP contribution in [-0.4, -0.2) is 30.7 Å². The van der Waals surface area contributed by atoms with Crippen molar-refractivity contribution in [1.29, 1.82) is 0 Å². The zero-order valence-electron chi connectivity index (χ0n) is 13.1. The molecule has 0 bridgehead atoms. The number of carbonyl (C=O) groups excluding carboxylic acids is 1. The average molecular weight is 330 g/mol. The molecule has 0 saturated carbocycles. The lowest BCUT2D eigenvalue weighted by atomic mass is 10.1. The summed E-state index contributed by atoms with van der Waals surface area (Å²) in [4.78, 5) is 12.6. The van der Waals surface area contributed by atoms with E-state index in [1.807, 2.05) is 71.6 Å². The van der Waals surface area contributed by atoms with Crippen LogP contribution in [0, 0.1) is 0 Å². The second-order valence-corrected chi connectivity index (χ2v) is 5.40. The van der Waals surface area contributed by atoms with Crippen molar-refractivity contribution in [3.05, 3.63) is 84.9 Å². The summed E-state index contributed by atoms with van der Waals surface area (Å²) < 4.78 is 3.48. The van der Waals surface area contributed by atoms with Crippen LogP contribution in [-0.2, 0) is 0 Å². The molecule has 1 amide bonds. The van der Waals surface area contributed by atoms with Gasteiger partial charge in [-0.05, 0) is 59.0 Å². The maximum atomic E-state index is 12.6. The molecule has 122 valence electrons. The number of tetrazole rings is 1. The minimum Gasteiger partial charge on any atom is -0.324 e. The van der Waals surface area contributed by atoms with Gasteiger partial charge in [-0.15, -0.1) is 5.10 Å². The number of nitrogens with one attached hydrogen (secondary N) is 1. The molecule has 4 rings (SSSR count). The standard InChI is InChI=1S/C18H14N6O/c25-18(14-5-3-7-16(11-14)23-9-1-2-10-23)20-15-6-4-8-17(12-15)24-13-19-21-22-24/h1-13H,(H,20,25). The van der Waals surface area contributed by atoms with Gasteiger partial charge in [0, 0.05) is 29.3 Å². The molecule has 0 saturated heterocycles. The van der Waals surface area contributed by atoms with E-state index in [9.17, 15) is 4.79 Å². The Balaban J connectivity index is 1.57. The molecule has 4 aromatic rings. The summed E-state index contributed by atoms with van der Waals surface area (Å²) in [7, 11) is 0. The summed E-state index contributed by atoms with van der Waals surface area (Å²) in [6.45, 7) is 0. The van der Waals surface area contributed by atoms with Gasteiger partial charge in [0.05, 0.1) is 5.69 Å². The van der Waals surface area contributed by atoms with Gasteiger partial charge in [-0.1, -0.05) is 12.1 Å². The van der Waals surface area contributed by atoms with Gasteiger partial charge in [-0.2, -0.15) is 0 Å². The number of nitrogens with zero attached hydrogens (tertiary/aromatic N) is 5. The Morgan fingerprint density at radius 2 is 1.72 bits per heavy atom. The van der Waals surface area contributed by atoms with Gasteiger partial charge in [0.2, 0.25) is 0 Å². The van der Waals surface area contributed by atoms with Crippen LogP contribution in [0.3, 0.4) is 0 Å². The van der Waals surface area contributed by atoms with Crippen LogP contribution in [0.15, 0.2) is 79.4 Å². The van der Waals surface area contributed by atoms with Gasteiger partial charge in [-0.3, -0.25) is 4.79 Å². The van der Waals surface area contributed by atoms with E-state index in [0.29, 0.717) is 11.3 Å². The average Bonchev–Trinajstić information content (AvgIpc) is 3.36. The van der Waals surface area contributed by atoms with Crippen LogP contribution in [0.1, 0.15) is 10.4 Å². The first-order valence-corrected chi connectivity index (χ1v) is 7.68. The van der Waals surface area contributed by atoms with Crippen molar-refractivity contribution in [1.82, 2.24) is 24.8 Å². The minimum absolute atomic E-state index is 0.178. The van der Waals surface area contributed by atoms with Crippen molar-refractivity contribution in [3.8, 4) is 11.4 Å². The molecule has 0 spiro atoms. The van der Waals surface area contributed by atoms with Gasteiger partial charge < -0.3 is 9.88 Å². The van der Waals surface area contributed by atoms with Crippen molar-refractivity contribution in [2.75, 3.05) is 5.32 Å². The lowest BCUT2D eigenvalue weighted by molar-refractivity contribution is 0.102. The zero-order valence-corrected chi connectivity index (χ0v) is 13.1. The molecule has 2 aromatic heterocycles. The van der Waals surface area contributed by atoms with Gasteiger partial charge in [0.1, 0.15) is 6.33 Å². The highest BCUT2D eigenvalue weighted by Crippen LogP contribution is 2.16. The molecule has 25 heavy (non-hydrogen) atoms. The summed E-state index contributed by atoms with van der Waals surface area (Å²) in [6.07, 6.45) is 5.38. The molecule has 2 heterocycles. The molecule has 0 radical (unpaired) electrons. The fourth-order valence-electron chi connectivity index (χ4n) is 2.52. The maximum absolute atomic E-state index is 12.6. The van der Waals surface area contributed by atoms with Gasteiger partial charge >= 0.3 is 0 Å². The smallest absolute Gasteiger partial charge is 0.255 e. The second-order valence-electron chi connectivity index (χ2n) is 5.40. The van der Waals surface area contributed by atoms with E-state index in [4.69, 9.17) is 0 Å². The molecular weight excluding hydrogens is 316 g/mol. The largest absolute Gasteiger partial charge is 0.324 e. The van der Waals surface area contributed by atoms with Gasteiger partial charge in [0.25, 0.3) is 5.91 Å². The molecule has 2 aromatic carbocycles. The predicted octanol–water partition coefficient (Wildman–Crippen LogP) is 2.71. The highest BCUT2D eigenvalue weighted by Gasteiger charge is 2.08. The van der Waals surface area contributed by atoms with Crippen molar-refractivity contribution in [2.45, 2.75) is 0 Å². The van der Waals surface area contributed by atoms with Crippen LogP contribution in [0.5, 0.6) is 0 Å². The molecular formula is C18H14N6O. The van der Waals surface area contributed by atoms with Crippen LogP contribution in [0.4, 0.5) is 5.69 Å². The number of aromatic nitrogens is 5. The van der Waals surface area contributed by atoms with E-state index in [0.717, 1.165) is 11.4 Å². The number of anilines is 1. The highest BCUT2D eigenvalue weighted by molar-refractivity contribution is 6.04. The van der Waals surface area contributed by atoms with Crippen LogP contribution in [0.2, 0.25) is 0 Å². The Bertz CT molecular complexity index is 992. The Morgan fingerprint density at radius 1 is 0.920 bits per heavy atom. The summed E-state index contributed by atoms with van der Waals surface area (Å²) in [5.74, 6) is -0.178. The number of benzene rings is 2. The Hall–Kier alpha value is -3.74. The molecule has 0 aliphatic carbocycles. The molecule has 7 heteroatoms. The molecule has 0 aliphatic heterocycles. The zero-order chi connectivity index (χ0) is 17.1. The fraction of sp³-hybridized carbons (Fsp3) is 0. The number of rotatable bonds is 4. The number of hydrogen-bond acceptors (Lipinski definition) is 4. The van der Waals surface area contributed by atoms with Gasteiger partial charge in [0.15, 0.2) is 0 Å². The van der Waals surface area contributed by atoms with Gasteiger partial charge in [-0.25, -0.2) is 4.68 Å². The number of carbonyl (C=O) groups is 1. The number of hydrogen-bond donors (Lipinski definition) is 1. The van der Waals surface area contributed by atoms with E-state index >= 15 is 0 Å². The van der Waals surface area contributed by atoms with Crippen LogP contribution in [0.25, 0.3) is 11.4 Å².